The average Bonchev–Trinajstić information content (AvgIpc) is 3.16. The van der Waals surface area contributed by atoms with E-state index in [0.29, 0.717) is 42.8 Å². The minimum Gasteiger partial charge on any atom is -0.494 e. The molecule has 2 amide bonds. The van der Waals surface area contributed by atoms with Crippen molar-refractivity contribution in [2.75, 3.05) is 31.6 Å². The number of nitrogens with one attached hydrogen (secondary N) is 1. The number of ether oxygens (including phenoxy) is 1. The van der Waals surface area contributed by atoms with Gasteiger partial charge in [0.25, 0.3) is 5.56 Å². The summed E-state index contributed by atoms with van der Waals surface area (Å²) in [6.07, 6.45) is 6.05. The summed E-state index contributed by atoms with van der Waals surface area (Å²) in [6.45, 7) is 3.69. The van der Waals surface area contributed by atoms with E-state index in [9.17, 15) is 19.5 Å². The van der Waals surface area contributed by atoms with Gasteiger partial charge in [-0.15, -0.1) is 0 Å². The highest BCUT2D eigenvalue weighted by atomic mass is 16.5. The van der Waals surface area contributed by atoms with Crippen LogP contribution in [0.25, 0.3) is 10.9 Å². The number of carbonyl (C=O) groups excluding carboxylic acids is 2. The van der Waals surface area contributed by atoms with Crippen molar-refractivity contribution in [1.29, 1.82) is 0 Å². The van der Waals surface area contributed by atoms with E-state index in [-0.39, 0.29) is 36.5 Å². The number of hydrogen-bond donors (Lipinski definition) is 2. The van der Waals surface area contributed by atoms with E-state index in [0.717, 1.165) is 38.5 Å². The number of fused-ring (bicyclic) bond motifs is 2. The topological polar surface area (TPSA) is 114 Å². The number of anilines is 1. The van der Waals surface area contributed by atoms with Gasteiger partial charge in [-0.3, -0.25) is 24.3 Å². The van der Waals surface area contributed by atoms with Crippen LogP contribution in [0.1, 0.15) is 51.9 Å². The Morgan fingerprint density at radius 1 is 1.19 bits per heavy atom. The number of hydrogen-bond acceptors (Lipinski definition) is 6. The highest BCUT2D eigenvalue weighted by molar-refractivity contribution is 5.94. The number of amides is 2. The second-order valence-corrected chi connectivity index (χ2v) is 8.02. The largest absolute Gasteiger partial charge is 0.494 e. The van der Waals surface area contributed by atoms with Crippen molar-refractivity contribution in [2.24, 2.45) is 0 Å². The molecule has 1 aromatic carbocycles. The molecule has 1 aromatic heterocycles. The zero-order valence-electron chi connectivity index (χ0n) is 18.6. The molecule has 32 heavy (non-hydrogen) atoms. The van der Waals surface area contributed by atoms with Crippen LogP contribution in [-0.4, -0.2) is 57.7 Å². The van der Waals surface area contributed by atoms with Crippen molar-refractivity contribution >= 4 is 28.7 Å². The summed E-state index contributed by atoms with van der Waals surface area (Å²) >= 11 is 0. The fourth-order valence-corrected chi connectivity index (χ4v) is 3.78. The lowest BCUT2D eigenvalue weighted by Gasteiger charge is -2.21. The van der Waals surface area contributed by atoms with Crippen molar-refractivity contribution < 1.29 is 19.4 Å². The molecule has 1 aliphatic heterocycles. The summed E-state index contributed by atoms with van der Waals surface area (Å²) < 4.78 is 7.11. The summed E-state index contributed by atoms with van der Waals surface area (Å²) in [5, 5.41) is 12.2. The van der Waals surface area contributed by atoms with Gasteiger partial charge in [0.1, 0.15) is 12.3 Å². The van der Waals surface area contributed by atoms with E-state index in [1.807, 2.05) is 0 Å². The Bertz CT molecular complexity index is 1000. The van der Waals surface area contributed by atoms with E-state index < -0.39 is 0 Å². The zero-order chi connectivity index (χ0) is 22.9. The van der Waals surface area contributed by atoms with Crippen LogP contribution in [0.2, 0.25) is 0 Å². The standard InChI is InChI=1S/C23H32N4O5/c1-2-3-6-11-26(12-13-28)21(30)8-5-4-7-14-32-17-9-10-19-18(15-17)22(31)27-16-20(29)25-23(27)24-19/h9-10,15,28H,2-8,11-14,16H2,1H3,(H,24,25,29). The van der Waals surface area contributed by atoms with Crippen LogP contribution in [0.3, 0.4) is 0 Å². The molecule has 0 aliphatic carbocycles. The third-order valence-electron chi connectivity index (χ3n) is 5.54. The van der Waals surface area contributed by atoms with E-state index in [1.54, 1.807) is 23.1 Å². The number of benzene rings is 1. The smallest absolute Gasteiger partial charge is 0.263 e. The molecule has 9 nitrogen and oxygen atoms in total. The molecule has 0 fully saturated rings. The Balaban J connectivity index is 1.43. The number of aliphatic hydroxyl groups excluding tert-OH is 1. The molecule has 0 spiro atoms. The molecule has 0 radical (unpaired) electrons. The molecule has 1 aliphatic rings. The molecule has 174 valence electrons. The second kappa shape index (κ2) is 11.6. The van der Waals surface area contributed by atoms with Crippen LogP contribution in [0.15, 0.2) is 23.0 Å². The van der Waals surface area contributed by atoms with Crippen LogP contribution < -0.4 is 15.6 Å². The second-order valence-electron chi connectivity index (χ2n) is 8.02. The van der Waals surface area contributed by atoms with Gasteiger partial charge in [0.05, 0.1) is 24.1 Å². The molecule has 3 rings (SSSR count). The number of aliphatic hydroxyl groups is 1. The maximum atomic E-state index is 12.6. The average molecular weight is 445 g/mol. The molecule has 0 unspecified atom stereocenters. The number of rotatable bonds is 13. The molecule has 0 bridgehead atoms. The zero-order valence-corrected chi connectivity index (χ0v) is 18.6. The summed E-state index contributed by atoms with van der Waals surface area (Å²) in [7, 11) is 0. The van der Waals surface area contributed by atoms with Gasteiger partial charge in [-0.2, -0.15) is 0 Å². The van der Waals surface area contributed by atoms with Crippen molar-refractivity contribution in [2.45, 2.75) is 58.4 Å². The first kappa shape index (κ1) is 23.7. The first-order valence-electron chi connectivity index (χ1n) is 11.4. The maximum absolute atomic E-state index is 12.6. The summed E-state index contributed by atoms with van der Waals surface area (Å²) in [6, 6.07) is 5.13. The maximum Gasteiger partial charge on any atom is 0.263 e. The van der Waals surface area contributed by atoms with Gasteiger partial charge in [0, 0.05) is 19.5 Å². The minimum absolute atomic E-state index is 0.00775. The molecule has 9 heteroatoms. The van der Waals surface area contributed by atoms with Gasteiger partial charge in [-0.05, 0) is 43.9 Å². The van der Waals surface area contributed by atoms with Gasteiger partial charge in [-0.25, -0.2) is 4.98 Å². The quantitative estimate of drug-likeness (QED) is 0.458. The SMILES string of the molecule is CCCCCN(CCO)C(=O)CCCCCOc1ccc2nc3n(c(=O)c2c1)CC(=O)N3. The van der Waals surface area contributed by atoms with Crippen LogP contribution >= 0.6 is 0 Å². The molecule has 2 heterocycles. The Kier molecular flexibility index (Phi) is 8.61. The monoisotopic (exact) mass is 444 g/mol. The Labute approximate surface area is 187 Å². The molecular weight excluding hydrogens is 412 g/mol. The van der Waals surface area contributed by atoms with Crippen molar-refractivity contribution in [3.8, 4) is 5.75 Å². The lowest BCUT2D eigenvalue weighted by Crippen LogP contribution is -2.34. The van der Waals surface area contributed by atoms with E-state index in [1.165, 1.54) is 4.57 Å². The third kappa shape index (κ3) is 6.06. The lowest BCUT2D eigenvalue weighted by molar-refractivity contribution is -0.132. The predicted molar refractivity (Wildman–Crippen MR) is 122 cm³/mol. The van der Waals surface area contributed by atoms with Crippen LogP contribution in [0.5, 0.6) is 5.75 Å². The normalized spacial score (nSPS) is 12.6. The van der Waals surface area contributed by atoms with E-state index in [4.69, 9.17) is 4.74 Å². The first-order valence-corrected chi connectivity index (χ1v) is 11.4. The number of aromatic nitrogens is 2. The van der Waals surface area contributed by atoms with E-state index >= 15 is 0 Å². The highest BCUT2D eigenvalue weighted by Crippen LogP contribution is 2.20. The number of unbranched alkanes of at least 4 members (excludes halogenated alkanes) is 4. The van der Waals surface area contributed by atoms with Gasteiger partial charge in [0.15, 0.2) is 0 Å². The van der Waals surface area contributed by atoms with Crippen molar-refractivity contribution in [1.82, 2.24) is 14.5 Å². The fourth-order valence-electron chi connectivity index (χ4n) is 3.78. The van der Waals surface area contributed by atoms with Crippen LogP contribution in [0.4, 0.5) is 5.95 Å². The van der Waals surface area contributed by atoms with Crippen molar-refractivity contribution in [3.05, 3.63) is 28.6 Å². The fraction of sp³-hybridized carbons (Fsp3) is 0.565. The number of nitrogens with zero attached hydrogens (tertiary/aromatic N) is 3. The Morgan fingerprint density at radius 3 is 2.81 bits per heavy atom. The molecule has 0 atom stereocenters. The molecule has 0 saturated carbocycles. The first-order chi connectivity index (χ1) is 15.5. The molecule has 0 saturated heterocycles. The van der Waals surface area contributed by atoms with Gasteiger partial charge < -0.3 is 14.7 Å². The van der Waals surface area contributed by atoms with Crippen LogP contribution in [0, 0.1) is 0 Å². The Morgan fingerprint density at radius 2 is 2.03 bits per heavy atom. The third-order valence-corrected chi connectivity index (χ3v) is 5.54. The Hall–Kier alpha value is -2.94. The summed E-state index contributed by atoms with van der Waals surface area (Å²) in [4.78, 5) is 42.6. The summed E-state index contributed by atoms with van der Waals surface area (Å²) in [5.41, 5.74) is 0.249. The molecule has 2 aromatic rings. The highest BCUT2D eigenvalue weighted by Gasteiger charge is 2.21. The minimum atomic E-state index is -0.265. The summed E-state index contributed by atoms with van der Waals surface area (Å²) in [5.74, 6) is 0.702. The molecular formula is C23H32N4O5. The lowest BCUT2D eigenvalue weighted by atomic mass is 10.1. The number of carbonyl (C=O) groups is 2. The van der Waals surface area contributed by atoms with Gasteiger partial charge in [-0.1, -0.05) is 19.8 Å². The van der Waals surface area contributed by atoms with Crippen LogP contribution in [-0.2, 0) is 16.1 Å². The van der Waals surface area contributed by atoms with E-state index in [2.05, 4.69) is 17.2 Å². The van der Waals surface area contributed by atoms with Crippen molar-refractivity contribution in [3.63, 3.8) is 0 Å². The molecule has 2 N–H and O–H groups in total. The van der Waals surface area contributed by atoms with Gasteiger partial charge in [0.2, 0.25) is 17.8 Å². The predicted octanol–water partition coefficient (Wildman–Crippen LogP) is 2.30. The van der Waals surface area contributed by atoms with Gasteiger partial charge >= 0.3 is 0 Å².